The number of rotatable bonds is 5. The Kier molecular flexibility index (Phi) is 4.31. The van der Waals surface area contributed by atoms with Gasteiger partial charge in [-0.1, -0.05) is 0 Å². The molecule has 0 aliphatic rings. The zero-order valence-electron chi connectivity index (χ0n) is 11.2. The zero-order chi connectivity index (χ0) is 14.5. The molecule has 0 atom stereocenters. The first-order chi connectivity index (χ1) is 9.62. The standard InChI is InChI=1S/C13H15FN4O2/c1-19-7-13-17-11(15)6-12(18-13)16-10-5-8(20-2)3-4-9(10)14/h3-6H,7H2,1-2H3,(H3,15,16,17,18). The Bertz CT molecular complexity index is 607. The highest BCUT2D eigenvalue weighted by Crippen LogP contribution is 2.24. The highest BCUT2D eigenvalue weighted by Gasteiger charge is 2.07. The fourth-order valence-electron chi connectivity index (χ4n) is 1.64. The third-order valence-corrected chi connectivity index (χ3v) is 2.50. The summed E-state index contributed by atoms with van der Waals surface area (Å²) in [6.45, 7) is 0.223. The van der Waals surface area contributed by atoms with E-state index in [4.69, 9.17) is 15.2 Å². The van der Waals surface area contributed by atoms with Gasteiger partial charge >= 0.3 is 0 Å². The fourth-order valence-corrected chi connectivity index (χ4v) is 1.64. The number of nitrogens with zero attached hydrogens (tertiary/aromatic N) is 2. The van der Waals surface area contributed by atoms with Crippen molar-refractivity contribution in [2.24, 2.45) is 0 Å². The van der Waals surface area contributed by atoms with E-state index in [2.05, 4.69) is 15.3 Å². The average molecular weight is 278 g/mol. The summed E-state index contributed by atoms with van der Waals surface area (Å²) < 4.78 is 23.7. The Balaban J connectivity index is 2.29. The molecule has 0 spiro atoms. The minimum absolute atomic E-state index is 0.223. The van der Waals surface area contributed by atoms with Crippen molar-refractivity contribution >= 4 is 17.3 Å². The van der Waals surface area contributed by atoms with E-state index in [0.717, 1.165) is 0 Å². The van der Waals surface area contributed by atoms with Gasteiger partial charge in [-0.3, -0.25) is 0 Å². The summed E-state index contributed by atoms with van der Waals surface area (Å²) in [5.41, 5.74) is 5.91. The van der Waals surface area contributed by atoms with E-state index in [1.54, 1.807) is 0 Å². The zero-order valence-corrected chi connectivity index (χ0v) is 11.2. The van der Waals surface area contributed by atoms with Gasteiger partial charge in [0.2, 0.25) is 0 Å². The van der Waals surface area contributed by atoms with Gasteiger partial charge in [-0.15, -0.1) is 0 Å². The van der Waals surface area contributed by atoms with Gasteiger partial charge in [-0.2, -0.15) is 0 Å². The molecule has 0 saturated heterocycles. The van der Waals surface area contributed by atoms with Crippen LogP contribution in [0.5, 0.6) is 5.75 Å². The van der Waals surface area contributed by atoms with Crippen molar-refractivity contribution in [3.8, 4) is 5.75 Å². The maximum absolute atomic E-state index is 13.7. The van der Waals surface area contributed by atoms with Crippen LogP contribution in [0.25, 0.3) is 0 Å². The monoisotopic (exact) mass is 278 g/mol. The summed E-state index contributed by atoms with van der Waals surface area (Å²) in [5, 5.41) is 2.84. The molecular formula is C13H15FN4O2. The molecule has 0 saturated carbocycles. The number of nitrogens with two attached hydrogens (primary N) is 1. The average Bonchev–Trinajstić information content (AvgIpc) is 2.41. The second kappa shape index (κ2) is 6.16. The van der Waals surface area contributed by atoms with Crippen LogP contribution in [0.15, 0.2) is 24.3 Å². The predicted molar refractivity (Wildman–Crippen MR) is 73.4 cm³/mol. The number of nitrogen functional groups attached to an aromatic ring is 1. The lowest BCUT2D eigenvalue weighted by molar-refractivity contribution is 0.178. The first kappa shape index (κ1) is 14.0. The molecule has 0 aliphatic carbocycles. The Morgan fingerprint density at radius 1 is 1.25 bits per heavy atom. The molecule has 0 radical (unpaired) electrons. The van der Waals surface area contributed by atoms with Crippen LogP contribution >= 0.6 is 0 Å². The molecule has 0 fully saturated rings. The van der Waals surface area contributed by atoms with Crippen LogP contribution < -0.4 is 15.8 Å². The first-order valence-corrected chi connectivity index (χ1v) is 5.85. The molecular weight excluding hydrogens is 263 g/mol. The van der Waals surface area contributed by atoms with Gasteiger partial charge < -0.3 is 20.5 Å². The van der Waals surface area contributed by atoms with Gasteiger partial charge in [0.1, 0.15) is 29.8 Å². The van der Waals surface area contributed by atoms with Crippen molar-refractivity contribution in [3.05, 3.63) is 35.9 Å². The highest BCUT2D eigenvalue weighted by atomic mass is 19.1. The Labute approximate surface area is 115 Å². The number of methoxy groups -OCH3 is 2. The van der Waals surface area contributed by atoms with Gasteiger partial charge in [0.25, 0.3) is 0 Å². The van der Waals surface area contributed by atoms with E-state index in [0.29, 0.717) is 17.4 Å². The normalized spacial score (nSPS) is 10.3. The minimum atomic E-state index is -0.420. The van der Waals surface area contributed by atoms with Gasteiger partial charge in [-0.25, -0.2) is 14.4 Å². The third-order valence-electron chi connectivity index (χ3n) is 2.50. The molecule has 20 heavy (non-hydrogen) atoms. The largest absolute Gasteiger partial charge is 0.497 e. The molecule has 1 aromatic carbocycles. The van der Waals surface area contributed by atoms with Crippen molar-refractivity contribution in [1.29, 1.82) is 0 Å². The fraction of sp³-hybridized carbons (Fsp3) is 0.231. The van der Waals surface area contributed by atoms with Gasteiger partial charge in [0, 0.05) is 19.2 Å². The Morgan fingerprint density at radius 3 is 2.75 bits per heavy atom. The number of anilines is 3. The summed E-state index contributed by atoms with van der Waals surface area (Å²) in [4.78, 5) is 8.19. The molecule has 1 aromatic heterocycles. The molecule has 7 heteroatoms. The molecule has 2 aromatic rings. The number of ether oxygens (including phenoxy) is 2. The van der Waals surface area contributed by atoms with Crippen LogP contribution in [0.4, 0.5) is 21.7 Å². The van der Waals surface area contributed by atoms with Crippen molar-refractivity contribution in [2.45, 2.75) is 6.61 Å². The molecule has 0 bridgehead atoms. The second-order valence-electron chi connectivity index (χ2n) is 4.00. The Morgan fingerprint density at radius 2 is 2.05 bits per heavy atom. The third kappa shape index (κ3) is 3.33. The van der Waals surface area contributed by atoms with Crippen molar-refractivity contribution in [3.63, 3.8) is 0 Å². The SMILES string of the molecule is COCc1nc(N)cc(Nc2cc(OC)ccc2F)n1. The number of aromatic nitrogens is 2. The second-order valence-corrected chi connectivity index (χ2v) is 4.00. The van der Waals surface area contributed by atoms with Gasteiger partial charge in [-0.05, 0) is 12.1 Å². The highest BCUT2D eigenvalue weighted by molar-refractivity contribution is 5.60. The van der Waals surface area contributed by atoms with Crippen LogP contribution in [-0.2, 0) is 11.3 Å². The number of nitrogens with one attached hydrogen (secondary N) is 1. The smallest absolute Gasteiger partial charge is 0.158 e. The topological polar surface area (TPSA) is 82.3 Å². The van der Waals surface area contributed by atoms with E-state index in [1.165, 1.54) is 38.5 Å². The maximum atomic E-state index is 13.7. The number of hydrogen-bond acceptors (Lipinski definition) is 6. The van der Waals surface area contributed by atoms with Crippen LogP contribution in [0.2, 0.25) is 0 Å². The van der Waals surface area contributed by atoms with Crippen LogP contribution in [0, 0.1) is 5.82 Å². The number of halogens is 1. The number of hydrogen-bond donors (Lipinski definition) is 2. The summed E-state index contributed by atoms with van der Waals surface area (Å²) >= 11 is 0. The van der Waals surface area contributed by atoms with E-state index < -0.39 is 5.82 Å². The lowest BCUT2D eigenvalue weighted by Crippen LogP contribution is -2.05. The van der Waals surface area contributed by atoms with E-state index in [9.17, 15) is 4.39 Å². The molecule has 2 rings (SSSR count). The molecule has 3 N–H and O–H groups in total. The summed E-state index contributed by atoms with van der Waals surface area (Å²) in [6, 6.07) is 5.88. The van der Waals surface area contributed by atoms with Crippen LogP contribution in [0.3, 0.4) is 0 Å². The predicted octanol–water partition coefficient (Wildman–Crippen LogP) is 2.10. The first-order valence-electron chi connectivity index (χ1n) is 5.85. The maximum Gasteiger partial charge on any atom is 0.158 e. The molecule has 1 heterocycles. The lowest BCUT2D eigenvalue weighted by atomic mass is 10.3. The quantitative estimate of drug-likeness (QED) is 0.871. The minimum Gasteiger partial charge on any atom is -0.497 e. The summed E-state index contributed by atoms with van der Waals surface area (Å²) in [7, 11) is 3.04. The van der Waals surface area contributed by atoms with Crippen LogP contribution in [0.1, 0.15) is 5.82 Å². The molecule has 0 unspecified atom stereocenters. The Hall–Kier alpha value is -2.41. The summed E-state index contributed by atoms with van der Waals surface area (Å²) in [5.74, 6) is 1.19. The molecule has 0 amide bonds. The molecule has 106 valence electrons. The molecule has 6 nitrogen and oxygen atoms in total. The van der Waals surface area contributed by atoms with E-state index >= 15 is 0 Å². The lowest BCUT2D eigenvalue weighted by Gasteiger charge is -2.10. The van der Waals surface area contributed by atoms with Gasteiger partial charge in [0.05, 0.1) is 12.8 Å². The van der Waals surface area contributed by atoms with Crippen molar-refractivity contribution < 1.29 is 13.9 Å². The van der Waals surface area contributed by atoms with Crippen molar-refractivity contribution in [1.82, 2.24) is 9.97 Å². The van der Waals surface area contributed by atoms with Gasteiger partial charge in [0.15, 0.2) is 5.82 Å². The van der Waals surface area contributed by atoms with Crippen LogP contribution in [-0.4, -0.2) is 24.2 Å². The van der Waals surface area contributed by atoms with Crippen molar-refractivity contribution in [2.75, 3.05) is 25.3 Å². The van der Waals surface area contributed by atoms with E-state index in [1.807, 2.05) is 0 Å². The number of benzene rings is 1. The molecule has 0 aliphatic heterocycles. The summed E-state index contributed by atoms with van der Waals surface area (Å²) in [6.07, 6.45) is 0. The van der Waals surface area contributed by atoms with E-state index in [-0.39, 0.29) is 18.1 Å².